The molecule has 1 fully saturated rings. The number of allylic oxidation sites excluding steroid dienone is 1. The van der Waals surface area contributed by atoms with Gasteiger partial charge in [-0.25, -0.2) is 9.79 Å². The van der Waals surface area contributed by atoms with E-state index in [2.05, 4.69) is 16.5 Å². The minimum atomic E-state index is -0.763. The summed E-state index contributed by atoms with van der Waals surface area (Å²) in [6, 6.07) is 8.48. The molecule has 2 aliphatic rings. The van der Waals surface area contributed by atoms with Crippen molar-refractivity contribution in [2.75, 3.05) is 37.8 Å². The smallest absolute Gasteiger partial charge is 0.338 e. The van der Waals surface area contributed by atoms with Crippen molar-refractivity contribution in [3.63, 3.8) is 0 Å². The Kier molecular flexibility index (Phi) is 8.78. The van der Waals surface area contributed by atoms with Gasteiger partial charge in [-0.1, -0.05) is 30.1 Å². The first-order valence-corrected chi connectivity index (χ1v) is 14.8. The lowest BCUT2D eigenvalue weighted by Gasteiger charge is -2.25. The zero-order valence-corrected chi connectivity index (χ0v) is 24.5. The fourth-order valence-corrected chi connectivity index (χ4v) is 6.20. The van der Waals surface area contributed by atoms with Gasteiger partial charge in [0.05, 0.1) is 35.1 Å². The molecule has 0 amide bonds. The number of hydrogen-bond acceptors (Lipinski definition) is 9. The van der Waals surface area contributed by atoms with Crippen molar-refractivity contribution in [2.24, 2.45) is 4.99 Å². The number of rotatable bonds is 10. The highest BCUT2D eigenvalue weighted by Crippen LogP contribution is 2.36. The lowest BCUT2D eigenvalue weighted by atomic mass is 9.95. The largest absolute Gasteiger partial charge is 0.490 e. The summed E-state index contributed by atoms with van der Waals surface area (Å²) in [6.45, 7) is 12.0. The van der Waals surface area contributed by atoms with Gasteiger partial charge in [-0.3, -0.25) is 9.36 Å². The molecular formula is C31H35N3O6S. The Morgan fingerprint density at radius 3 is 2.66 bits per heavy atom. The Labute approximate surface area is 242 Å². The average Bonchev–Trinajstić information content (AvgIpc) is 3.56. The van der Waals surface area contributed by atoms with Crippen molar-refractivity contribution in [1.82, 2.24) is 4.57 Å². The molecule has 0 unspecified atom stereocenters. The number of fused-ring (bicyclic) bond motifs is 1. The molecule has 0 radical (unpaired) electrons. The molecule has 2 aromatic heterocycles. The summed E-state index contributed by atoms with van der Waals surface area (Å²) in [5.74, 6) is 1.94. The van der Waals surface area contributed by atoms with Gasteiger partial charge in [-0.05, 0) is 63.8 Å². The molecule has 41 heavy (non-hydrogen) atoms. The van der Waals surface area contributed by atoms with Crippen LogP contribution >= 0.6 is 11.3 Å². The molecule has 0 aliphatic carbocycles. The van der Waals surface area contributed by atoms with Crippen LogP contribution in [0.3, 0.4) is 0 Å². The summed E-state index contributed by atoms with van der Waals surface area (Å²) < 4.78 is 25.2. The predicted octanol–water partition coefficient (Wildman–Crippen LogP) is 4.35. The van der Waals surface area contributed by atoms with Crippen LogP contribution in [-0.2, 0) is 9.53 Å². The van der Waals surface area contributed by atoms with E-state index in [0.29, 0.717) is 56.6 Å². The number of benzene rings is 1. The van der Waals surface area contributed by atoms with Gasteiger partial charge in [0.1, 0.15) is 12.4 Å². The summed E-state index contributed by atoms with van der Waals surface area (Å²) >= 11 is 1.26. The van der Waals surface area contributed by atoms with E-state index in [4.69, 9.17) is 18.6 Å². The van der Waals surface area contributed by atoms with Gasteiger partial charge in [0.2, 0.25) is 0 Å². The van der Waals surface area contributed by atoms with Gasteiger partial charge in [-0.15, -0.1) is 0 Å². The fourth-order valence-electron chi connectivity index (χ4n) is 5.17. The van der Waals surface area contributed by atoms with Crippen molar-refractivity contribution in [3.05, 3.63) is 85.3 Å². The SMILES string of the molecule is C=CCOc1ccc([C@@H]2C(C(=O)OCC)=C(C)N=c3sc(=Cc4ccc(N5CCCCC5)o4)c(=O)n32)cc1OCC. The number of hydrogen-bond donors (Lipinski definition) is 0. The van der Waals surface area contributed by atoms with E-state index in [1.165, 1.54) is 17.8 Å². The second kappa shape index (κ2) is 12.6. The lowest BCUT2D eigenvalue weighted by molar-refractivity contribution is -0.139. The number of nitrogens with zero attached hydrogens (tertiary/aromatic N) is 3. The summed E-state index contributed by atoms with van der Waals surface area (Å²) in [7, 11) is 0. The maximum absolute atomic E-state index is 14.0. The van der Waals surface area contributed by atoms with E-state index in [1.807, 2.05) is 25.1 Å². The van der Waals surface area contributed by atoms with Crippen molar-refractivity contribution in [3.8, 4) is 11.5 Å². The number of ether oxygens (including phenoxy) is 3. The van der Waals surface area contributed by atoms with Gasteiger partial charge >= 0.3 is 5.97 Å². The average molecular weight is 578 g/mol. The van der Waals surface area contributed by atoms with E-state index < -0.39 is 12.0 Å². The van der Waals surface area contributed by atoms with Crippen LogP contribution in [0.2, 0.25) is 0 Å². The summed E-state index contributed by atoms with van der Waals surface area (Å²) in [5, 5.41) is 0. The van der Waals surface area contributed by atoms with E-state index in [0.717, 1.165) is 31.8 Å². The summed E-state index contributed by atoms with van der Waals surface area (Å²) in [5.41, 5.74) is 1.21. The van der Waals surface area contributed by atoms with Gasteiger partial charge in [-0.2, -0.15) is 0 Å². The van der Waals surface area contributed by atoms with Crippen molar-refractivity contribution in [1.29, 1.82) is 0 Å². The van der Waals surface area contributed by atoms with Crippen LogP contribution in [-0.4, -0.2) is 43.4 Å². The number of thiazole rings is 1. The molecule has 0 saturated carbocycles. The quantitative estimate of drug-likeness (QED) is 0.261. The van der Waals surface area contributed by atoms with Crippen LogP contribution in [0, 0.1) is 0 Å². The third-order valence-electron chi connectivity index (χ3n) is 7.01. The highest BCUT2D eigenvalue weighted by atomic mass is 32.1. The third kappa shape index (κ3) is 5.88. The van der Waals surface area contributed by atoms with E-state index >= 15 is 0 Å². The molecule has 0 N–H and O–H groups in total. The standard InChI is InChI=1S/C31H35N3O6S/c1-5-17-39-23-13-11-21(18-24(23)37-6-2)28-27(30(36)38-7-3)20(4)32-31-34(28)29(35)25(41-31)19-22-12-14-26(40-22)33-15-9-8-10-16-33/h5,11-14,18-19,28H,1,6-10,15-17H2,2-4H3/t28-/m1/s1. The Hall–Kier alpha value is -4.05. The number of furan rings is 1. The van der Waals surface area contributed by atoms with Crippen LogP contribution in [0.4, 0.5) is 5.88 Å². The molecule has 9 nitrogen and oxygen atoms in total. The number of aromatic nitrogens is 1. The predicted molar refractivity (Wildman–Crippen MR) is 158 cm³/mol. The van der Waals surface area contributed by atoms with Crippen LogP contribution in [0.5, 0.6) is 11.5 Å². The number of esters is 1. The molecule has 4 heterocycles. The highest BCUT2D eigenvalue weighted by Gasteiger charge is 2.34. The number of carbonyl (C=O) groups is 1. The molecule has 2 aliphatic heterocycles. The normalized spacial score (nSPS) is 17.2. The highest BCUT2D eigenvalue weighted by molar-refractivity contribution is 7.07. The van der Waals surface area contributed by atoms with Gasteiger partial charge in [0.25, 0.3) is 5.56 Å². The molecule has 0 spiro atoms. The maximum Gasteiger partial charge on any atom is 0.338 e. The monoisotopic (exact) mass is 577 g/mol. The van der Waals surface area contributed by atoms with Crippen LogP contribution in [0.25, 0.3) is 6.08 Å². The first kappa shape index (κ1) is 28.5. The molecular weight excluding hydrogens is 542 g/mol. The molecule has 3 aromatic rings. The van der Waals surface area contributed by atoms with E-state index in [9.17, 15) is 9.59 Å². The topological polar surface area (TPSA) is 95.5 Å². The molecule has 10 heteroatoms. The molecule has 5 rings (SSSR count). The lowest BCUT2D eigenvalue weighted by Crippen LogP contribution is -2.40. The van der Waals surface area contributed by atoms with Crippen LogP contribution in [0.15, 0.2) is 68.5 Å². The molecule has 216 valence electrons. The first-order chi connectivity index (χ1) is 19.9. The second-order valence-electron chi connectivity index (χ2n) is 9.76. The van der Waals surface area contributed by atoms with E-state index in [1.54, 1.807) is 42.7 Å². The van der Waals surface area contributed by atoms with Crippen LogP contribution < -0.4 is 29.3 Å². The summed E-state index contributed by atoms with van der Waals surface area (Å²) in [4.78, 5) is 34.6. The number of piperidine rings is 1. The Balaban J connectivity index is 1.61. The minimum Gasteiger partial charge on any atom is -0.490 e. The van der Waals surface area contributed by atoms with Crippen LogP contribution in [0.1, 0.15) is 57.4 Å². The third-order valence-corrected chi connectivity index (χ3v) is 7.99. The first-order valence-electron chi connectivity index (χ1n) is 14.0. The maximum atomic E-state index is 14.0. The van der Waals surface area contributed by atoms with Gasteiger partial charge < -0.3 is 23.5 Å². The van der Waals surface area contributed by atoms with Gasteiger partial charge in [0.15, 0.2) is 22.2 Å². The van der Waals surface area contributed by atoms with Crippen molar-refractivity contribution < 1.29 is 23.4 Å². The Morgan fingerprint density at radius 2 is 1.93 bits per heavy atom. The van der Waals surface area contributed by atoms with Crippen molar-refractivity contribution >= 4 is 29.3 Å². The second-order valence-corrected chi connectivity index (χ2v) is 10.8. The molecule has 1 aromatic carbocycles. The Bertz CT molecular complexity index is 1640. The summed E-state index contributed by atoms with van der Waals surface area (Å²) in [6.07, 6.45) is 6.92. The number of carbonyl (C=O) groups excluding carboxylic acids is 1. The van der Waals surface area contributed by atoms with Crippen molar-refractivity contribution in [2.45, 2.75) is 46.1 Å². The molecule has 1 atom stereocenters. The zero-order valence-electron chi connectivity index (χ0n) is 23.7. The zero-order chi connectivity index (χ0) is 28.9. The Morgan fingerprint density at radius 1 is 1.12 bits per heavy atom. The fraction of sp³-hybridized carbons (Fsp3) is 0.387. The minimum absolute atomic E-state index is 0.198. The van der Waals surface area contributed by atoms with E-state index in [-0.39, 0.29) is 12.2 Å². The molecule has 0 bridgehead atoms. The molecule has 1 saturated heterocycles. The number of anilines is 1. The van der Waals surface area contributed by atoms with Gasteiger partial charge in [0, 0.05) is 25.2 Å².